The highest BCUT2D eigenvalue weighted by Crippen LogP contribution is 2.29. The van der Waals surface area contributed by atoms with Gasteiger partial charge in [0.15, 0.2) is 0 Å². The number of carbonyl (C=O) groups excluding carboxylic acids is 1. The van der Waals surface area contributed by atoms with Crippen LogP contribution in [0.15, 0.2) is 46.0 Å². The molecule has 186 valence electrons. The van der Waals surface area contributed by atoms with Crippen molar-refractivity contribution < 1.29 is 23.9 Å². The fourth-order valence-electron chi connectivity index (χ4n) is 4.12. The summed E-state index contributed by atoms with van der Waals surface area (Å²) in [6, 6.07) is 8.63. The number of aromatic nitrogens is 2. The Kier molecular flexibility index (Phi) is 6.18. The maximum atomic E-state index is 15.2. The first-order valence-corrected chi connectivity index (χ1v) is 11.1. The molecule has 35 heavy (non-hydrogen) atoms. The Morgan fingerprint density at radius 1 is 1.20 bits per heavy atom. The minimum atomic E-state index is -1.03. The van der Waals surface area contributed by atoms with Crippen LogP contribution in [-0.4, -0.2) is 52.4 Å². The molecule has 0 saturated carbocycles. The lowest BCUT2D eigenvalue weighted by atomic mass is 10.1. The van der Waals surface area contributed by atoms with Crippen molar-refractivity contribution in [2.45, 2.75) is 38.8 Å². The van der Waals surface area contributed by atoms with Crippen LogP contribution in [0.5, 0.6) is 5.75 Å². The minimum Gasteiger partial charge on any atom is -0.497 e. The summed E-state index contributed by atoms with van der Waals surface area (Å²) in [5, 5.41) is 12.7. The third-order valence-electron chi connectivity index (χ3n) is 5.66. The highest BCUT2D eigenvalue weighted by Gasteiger charge is 2.28. The molecular weight excluding hydrogens is 459 g/mol. The van der Waals surface area contributed by atoms with E-state index in [9.17, 15) is 19.6 Å². The third kappa shape index (κ3) is 4.79. The molecule has 1 saturated heterocycles. The van der Waals surface area contributed by atoms with E-state index >= 15 is 4.39 Å². The van der Waals surface area contributed by atoms with Crippen LogP contribution in [0.2, 0.25) is 0 Å². The van der Waals surface area contributed by atoms with E-state index in [1.165, 1.54) is 13.2 Å². The van der Waals surface area contributed by atoms with Gasteiger partial charge < -0.3 is 24.9 Å². The van der Waals surface area contributed by atoms with Crippen LogP contribution in [0.4, 0.5) is 14.9 Å². The summed E-state index contributed by atoms with van der Waals surface area (Å²) < 4.78 is 26.7. The molecule has 1 amide bonds. The number of carbonyl (C=O) groups is 1. The van der Waals surface area contributed by atoms with Gasteiger partial charge in [0.2, 0.25) is 0 Å². The summed E-state index contributed by atoms with van der Waals surface area (Å²) in [5.41, 5.74) is -2.06. The smallest absolute Gasteiger partial charge is 0.407 e. The summed E-state index contributed by atoms with van der Waals surface area (Å²) in [6.45, 7) is 6.03. The van der Waals surface area contributed by atoms with Crippen molar-refractivity contribution in [2.24, 2.45) is 0 Å². The Morgan fingerprint density at radius 3 is 2.63 bits per heavy atom. The number of amides is 1. The summed E-state index contributed by atoms with van der Waals surface area (Å²) in [4.78, 5) is 39.3. The first kappa shape index (κ1) is 24.1. The van der Waals surface area contributed by atoms with Crippen molar-refractivity contribution in [3.63, 3.8) is 0 Å². The number of hydrogen-bond acceptors (Lipinski definition) is 7. The zero-order valence-electron chi connectivity index (χ0n) is 19.9. The first-order chi connectivity index (χ1) is 16.5. The molecule has 2 N–H and O–H groups in total. The molecule has 0 bridgehead atoms. The fraction of sp³-hybridized carbons (Fsp3) is 0.375. The van der Waals surface area contributed by atoms with E-state index in [0.29, 0.717) is 30.9 Å². The van der Waals surface area contributed by atoms with Crippen molar-refractivity contribution >= 4 is 22.7 Å². The lowest BCUT2D eigenvalue weighted by Crippen LogP contribution is -2.40. The number of methoxy groups -OCH3 is 1. The van der Waals surface area contributed by atoms with Gasteiger partial charge in [0.05, 0.1) is 35.4 Å². The number of anilines is 1. The molecular formula is C24H27FN4O6. The topological polar surface area (TPSA) is 115 Å². The number of ether oxygens (including phenoxy) is 2. The molecule has 1 aliphatic heterocycles. The third-order valence-corrected chi connectivity index (χ3v) is 5.66. The van der Waals surface area contributed by atoms with Crippen LogP contribution in [0.3, 0.4) is 0 Å². The van der Waals surface area contributed by atoms with Crippen LogP contribution in [-0.2, 0) is 4.74 Å². The average Bonchev–Trinajstić information content (AvgIpc) is 3.24. The SMILES string of the molecule is COc1cccc(-n2c(=O)n(O)c(=O)c3cc(F)c(N4CCC(NC(=O)OC(C)(C)C)C4)cc32)c1. The maximum Gasteiger partial charge on any atom is 0.407 e. The van der Waals surface area contributed by atoms with Crippen LogP contribution < -0.4 is 26.2 Å². The zero-order chi connectivity index (χ0) is 25.5. The van der Waals surface area contributed by atoms with Gasteiger partial charge in [-0.1, -0.05) is 10.8 Å². The van der Waals surface area contributed by atoms with Gasteiger partial charge in [-0.15, -0.1) is 0 Å². The molecule has 10 nitrogen and oxygen atoms in total. The van der Waals surface area contributed by atoms with Gasteiger partial charge in [0, 0.05) is 19.2 Å². The largest absolute Gasteiger partial charge is 0.497 e. The van der Waals surface area contributed by atoms with Crippen LogP contribution >= 0.6 is 0 Å². The molecule has 3 aromatic rings. The van der Waals surface area contributed by atoms with Gasteiger partial charge in [-0.25, -0.2) is 14.0 Å². The van der Waals surface area contributed by atoms with Gasteiger partial charge >= 0.3 is 11.8 Å². The first-order valence-electron chi connectivity index (χ1n) is 11.1. The summed E-state index contributed by atoms with van der Waals surface area (Å²) in [5.74, 6) is -0.237. The molecule has 0 spiro atoms. The highest BCUT2D eigenvalue weighted by molar-refractivity contribution is 5.84. The van der Waals surface area contributed by atoms with Crippen LogP contribution in [0.1, 0.15) is 27.2 Å². The molecule has 1 aliphatic rings. The fourth-order valence-corrected chi connectivity index (χ4v) is 4.12. The van der Waals surface area contributed by atoms with E-state index in [-0.39, 0.29) is 27.4 Å². The molecule has 0 radical (unpaired) electrons. The van der Waals surface area contributed by atoms with Gasteiger partial charge in [-0.05, 0) is 51.5 Å². The number of alkyl carbamates (subject to hydrolysis) is 1. The Balaban J connectivity index is 1.75. The van der Waals surface area contributed by atoms with E-state index in [2.05, 4.69) is 5.32 Å². The number of hydrogen-bond donors (Lipinski definition) is 2. The van der Waals surface area contributed by atoms with Crippen molar-refractivity contribution in [3.05, 3.63) is 63.1 Å². The number of rotatable bonds is 4. The van der Waals surface area contributed by atoms with E-state index in [1.54, 1.807) is 49.9 Å². The summed E-state index contributed by atoms with van der Waals surface area (Å²) >= 11 is 0. The second-order valence-electron chi connectivity index (χ2n) is 9.34. The predicted octanol–water partition coefficient (Wildman–Crippen LogP) is 2.64. The second-order valence-corrected chi connectivity index (χ2v) is 9.34. The van der Waals surface area contributed by atoms with E-state index in [0.717, 1.165) is 10.6 Å². The monoisotopic (exact) mass is 486 g/mol. The van der Waals surface area contributed by atoms with Crippen molar-refractivity contribution in [1.82, 2.24) is 14.6 Å². The molecule has 1 fully saturated rings. The molecule has 2 heterocycles. The standard InChI is InChI=1S/C24H27FN4O6/c1-24(2,3)35-22(31)26-14-8-9-27(13-14)20-12-19-17(11-18(20)25)21(30)29(33)23(32)28(19)15-6-5-7-16(10-15)34-4/h5-7,10-12,14,33H,8-9,13H2,1-4H3,(H,26,31). The minimum absolute atomic E-state index is 0.0441. The van der Waals surface area contributed by atoms with E-state index in [4.69, 9.17) is 9.47 Å². The zero-order valence-corrected chi connectivity index (χ0v) is 19.9. The number of halogens is 1. The predicted molar refractivity (Wildman–Crippen MR) is 127 cm³/mol. The lowest BCUT2D eigenvalue weighted by Gasteiger charge is -2.23. The van der Waals surface area contributed by atoms with E-state index in [1.807, 2.05) is 0 Å². The molecule has 0 aliphatic carbocycles. The molecule has 1 aromatic heterocycles. The number of benzene rings is 2. The Hall–Kier alpha value is -4.02. The maximum absolute atomic E-state index is 15.2. The van der Waals surface area contributed by atoms with Crippen LogP contribution in [0, 0.1) is 5.82 Å². The molecule has 11 heteroatoms. The van der Waals surface area contributed by atoms with Gasteiger partial charge in [-0.2, -0.15) is 0 Å². The quantitative estimate of drug-likeness (QED) is 0.545. The molecule has 1 unspecified atom stereocenters. The highest BCUT2D eigenvalue weighted by atomic mass is 19.1. The van der Waals surface area contributed by atoms with Crippen molar-refractivity contribution in [3.8, 4) is 11.4 Å². The average molecular weight is 487 g/mol. The molecule has 1 atom stereocenters. The number of nitrogens with zero attached hydrogens (tertiary/aromatic N) is 3. The lowest BCUT2D eigenvalue weighted by molar-refractivity contribution is 0.0509. The van der Waals surface area contributed by atoms with Crippen LogP contribution in [0.25, 0.3) is 16.6 Å². The second kappa shape index (κ2) is 8.97. The molecule has 2 aromatic carbocycles. The Morgan fingerprint density at radius 2 is 1.94 bits per heavy atom. The van der Waals surface area contributed by atoms with Gasteiger partial charge in [0.1, 0.15) is 17.2 Å². The summed E-state index contributed by atoms with van der Waals surface area (Å²) in [7, 11) is 1.47. The number of fused-ring (bicyclic) bond motifs is 1. The molecule has 4 rings (SSSR count). The Labute approximate surface area is 200 Å². The van der Waals surface area contributed by atoms with Crippen molar-refractivity contribution in [1.29, 1.82) is 0 Å². The normalized spacial score (nSPS) is 15.9. The summed E-state index contributed by atoms with van der Waals surface area (Å²) in [6.07, 6.45) is -0.00355. The van der Waals surface area contributed by atoms with Gasteiger partial charge in [-0.3, -0.25) is 9.36 Å². The van der Waals surface area contributed by atoms with E-state index < -0.39 is 28.8 Å². The van der Waals surface area contributed by atoms with Crippen molar-refractivity contribution in [2.75, 3.05) is 25.1 Å². The Bertz CT molecular complexity index is 1410. The number of nitrogens with one attached hydrogen (secondary N) is 1. The van der Waals surface area contributed by atoms with Gasteiger partial charge in [0.25, 0.3) is 5.56 Å².